The van der Waals surface area contributed by atoms with E-state index < -0.39 is 0 Å². The number of nitrogens with one attached hydrogen (secondary N) is 1. The second-order valence-electron chi connectivity index (χ2n) is 5.19. The SMILES string of the molecule is Fc1ccc(CCNCc2cncc3ccccc23)cc1Br. The first-order chi connectivity index (χ1) is 10.7. The van der Waals surface area contributed by atoms with Crippen molar-refractivity contribution in [3.8, 4) is 0 Å². The number of hydrogen-bond acceptors (Lipinski definition) is 2. The fourth-order valence-corrected chi connectivity index (χ4v) is 2.90. The van der Waals surface area contributed by atoms with Crippen LogP contribution < -0.4 is 5.32 Å². The van der Waals surface area contributed by atoms with E-state index in [9.17, 15) is 4.39 Å². The van der Waals surface area contributed by atoms with Crippen LogP contribution in [0, 0.1) is 5.82 Å². The van der Waals surface area contributed by atoms with Crippen molar-refractivity contribution in [3.05, 3.63) is 76.3 Å². The Bertz CT molecular complexity index is 784. The predicted molar refractivity (Wildman–Crippen MR) is 91.3 cm³/mol. The van der Waals surface area contributed by atoms with Gasteiger partial charge in [0.2, 0.25) is 0 Å². The van der Waals surface area contributed by atoms with Crippen molar-refractivity contribution < 1.29 is 4.39 Å². The van der Waals surface area contributed by atoms with Crippen molar-refractivity contribution in [1.82, 2.24) is 10.3 Å². The van der Waals surface area contributed by atoms with Gasteiger partial charge in [-0.05, 0) is 57.5 Å². The number of aromatic nitrogens is 1. The Morgan fingerprint density at radius 3 is 2.82 bits per heavy atom. The van der Waals surface area contributed by atoms with E-state index in [1.807, 2.05) is 36.7 Å². The second kappa shape index (κ2) is 6.99. The van der Waals surface area contributed by atoms with E-state index in [4.69, 9.17) is 0 Å². The highest BCUT2D eigenvalue weighted by Gasteiger charge is 2.02. The molecule has 0 saturated carbocycles. The summed E-state index contributed by atoms with van der Waals surface area (Å²) >= 11 is 3.22. The smallest absolute Gasteiger partial charge is 0.137 e. The minimum absolute atomic E-state index is 0.224. The zero-order valence-corrected chi connectivity index (χ0v) is 13.6. The van der Waals surface area contributed by atoms with Gasteiger partial charge in [-0.15, -0.1) is 0 Å². The number of nitrogens with zero attached hydrogens (tertiary/aromatic N) is 1. The molecule has 3 rings (SSSR count). The molecule has 1 heterocycles. The highest BCUT2D eigenvalue weighted by molar-refractivity contribution is 9.10. The molecule has 2 nitrogen and oxygen atoms in total. The van der Waals surface area contributed by atoms with Crippen molar-refractivity contribution in [2.45, 2.75) is 13.0 Å². The first kappa shape index (κ1) is 15.1. The maximum Gasteiger partial charge on any atom is 0.137 e. The van der Waals surface area contributed by atoms with Crippen LogP contribution in [0.1, 0.15) is 11.1 Å². The zero-order valence-electron chi connectivity index (χ0n) is 12.0. The molecular formula is C18H16BrFN2. The van der Waals surface area contributed by atoms with Gasteiger partial charge in [-0.25, -0.2) is 4.39 Å². The molecule has 1 aromatic heterocycles. The van der Waals surface area contributed by atoms with Gasteiger partial charge < -0.3 is 5.32 Å². The normalized spacial score (nSPS) is 11.0. The average molecular weight is 359 g/mol. The molecule has 0 atom stereocenters. The van der Waals surface area contributed by atoms with E-state index in [0.717, 1.165) is 30.5 Å². The second-order valence-corrected chi connectivity index (χ2v) is 6.05. The van der Waals surface area contributed by atoms with Crippen LogP contribution >= 0.6 is 15.9 Å². The Morgan fingerprint density at radius 1 is 1.09 bits per heavy atom. The third kappa shape index (κ3) is 3.51. The van der Waals surface area contributed by atoms with Crippen LogP contribution in [0.5, 0.6) is 0 Å². The summed E-state index contributed by atoms with van der Waals surface area (Å²) in [5.41, 5.74) is 2.30. The maximum absolute atomic E-state index is 13.2. The molecule has 1 N–H and O–H groups in total. The molecule has 2 aromatic carbocycles. The van der Waals surface area contributed by atoms with E-state index in [-0.39, 0.29) is 5.82 Å². The van der Waals surface area contributed by atoms with Gasteiger partial charge in [-0.2, -0.15) is 0 Å². The molecule has 22 heavy (non-hydrogen) atoms. The number of benzene rings is 2. The van der Waals surface area contributed by atoms with Crippen LogP contribution in [0.4, 0.5) is 4.39 Å². The lowest BCUT2D eigenvalue weighted by Gasteiger charge is -2.08. The summed E-state index contributed by atoms with van der Waals surface area (Å²) in [4.78, 5) is 4.28. The Labute approximate surface area is 137 Å². The molecule has 112 valence electrons. The fraction of sp³-hybridized carbons (Fsp3) is 0.167. The molecule has 0 bridgehead atoms. The van der Waals surface area contributed by atoms with E-state index >= 15 is 0 Å². The van der Waals surface area contributed by atoms with Gasteiger partial charge in [0.05, 0.1) is 4.47 Å². The summed E-state index contributed by atoms with van der Waals surface area (Å²) in [5, 5.41) is 5.82. The van der Waals surface area contributed by atoms with Gasteiger partial charge in [0.15, 0.2) is 0 Å². The fourth-order valence-electron chi connectivity index (χ4n) is 2.47. The Kier molecular flexibility index (Phi) is 4.80. The summed E-state index contributed by atoms with van der Waals surface area (Å²) in [6.07, 6.45) is 4.65. The molecule has 3 aromatic rings. The van der Waals surface area contributed by atoms with Crippen molar-refractivity contribution in [3.63, 3.8) is 0 Å². The molecule has 0 spiro atoms. The summed E-state index contributed by atoms with van der Waals surface area (Å²) in [6, 6.07) is 13.4. The number of rotatable bonds is 5. The summed E-state index contributed by atoms with van der Waals surface area (Å²) in [7, 11) is 0. The largest absolute Gasteiger partial charge is 0.312 e. The van der Waals surface area contributed by atoms with Crippen LogP contribution in [-0.4, -0.2) is 11.5 Å². The van der Waals surface area contributed by atoms with Crippen LogP contribution in [-0.2, 0) is 13.0 Å². The quantitative estimate of drug-likeness (QED) is 0.680. The van der Waals surface area contributed by atoms with E-state index in [2.05, 4.69) is 38.4 Å². The number of hydrogen-bond donors (Lipinski definition) is 1. The topological polar surface area (TPSA) is 24.9 Å². The van der Waals surface area contributed by atoms with Crippen LogP contribution in [0.2, 0.25) is 0 Å². The van der Waals surface area contributed by atoms with Gasteiger partial charge >= 0.3 is 0 Å². The van der Waals surface area contributed by atoms with Gasteiger partial charge in [-0.3, -0.25) is 4.98 Å². The molecule has 0 fully saturated rings. The molecule has 4 heteroatoms. The first-order valence-corrected chi connectivity index (χ1v) is 7.99. The van der Waals surface area contributed by atoms with Crippen molar-refractivity contribution in [2.24, 2.45) is 0 Å². The lowest BCUT2D eigenvalue weighted by molar-refractivity contribution is 0.619. The molecule has 0 amide bonds. The Morgan fingerprint density at radius 2 is 1.95 bits per heavy atom. The average Bonchev–Trinajstić information content (AvgIpc) is 2.55. The molecule has 0 aliphatic carbocycles. The van der Waals surface area contributed by atoms with E-state index in [1.54, 1.807) is 0 Å². The third-order valence-electron chi connectivity index (χ3n) is 3.64. The third-order valence-corrected chi connectivity index (χ3v) is 4.25. The van der Waals surface area contributed by atoms with E-state index in [0.29, 0.717) is 4.47 Å². The summed E-state index contributed by atoms with van der Waals surface area (Å²) in [5.74, 6) is -0.224. The highest BCUT2D eigenvalue weighted by Crippen LogP contribution is 2.18. The van der Waals surface area contributed by atoms with Crippen molar-refractivity contribution in [2.75, 3.05) is 6.54 Å². The molecule has 0 saturated heterocycles. The Hall–Kier alpha value is -1.78. The van der Waals surface area contributed by atoms with Crippen molar-refractivity contribution >= 4 is 26.7 Å². The monoisotopic (exact) mass is 358 g/mol. The van der Waals surface area contributed by atoms with Gasteiger partial charge in [-0.1, -0.05) is 30.3 Å². The first-order valence-electron chi connectivity index (χ1n) is 7.20. The molecule has 0 aliphatic rings. The van der Waals surface area contributed by atoms with E-state index in [1.165, 1.54) is 17.0 Å². The minimum atomic E-state index is -0.224. The van der Waals surface area contributed by atoms with Crippen LogP contribution in [0.15, 0.2) is 59.3 Å². The van der Waals surface area contributed by atoms with Gasteiger partial charge in [0.25, 0.3) is 0 Å². The molecule has 0 unspecified atom stereocenters. The zero-order chi connectivity index (χ0) is 15.4. The number of fused-ring (bicyclic) bond motifs is 1. The van der Waals surface area contributed by atoms with Crippen LogP contribution in [0.25, 0.3) is 10.8 Å². The van der Waals surface area contributed by atoms with Gasteiger partial charge in [0.1, 0.15) is 5.82 Å². The lowest BCUT2D eigenvalue weighted by Crippen LogP contribution is -2.17. The van der Waals surface area contributed by atoms with Gasteiger partial charge in [0, 0.05) is 24.3 Å². The molecule has 0 aliphatic heterocycles. The highest BCUT2D eigenvalue weighted by atomic mass is 79.9. The number of halogens is 2. The van der Waals surface area contributed by atoms with Crippen LogP contribution in [0.3, 0.4) is 0 Å². The summed E-state index contributed by atoms with van der Waals surface area (Å²) in [6.45, 7) is 1.61. The minimum Gasteiger partial charge on any atom is -0.312 e. The summed E-state index contributed by atoms with van der Waals surface area (Å²) < 4.78 is 13.7. The standard InChI is InChI=1S/C18H16BrFN2/c19-17-9-13(5-6-18(17)20)7-8-21-11-15-12-22-10-14-3-1-2-4-16(14)15/h1-6,9-10,12,21H,7-8,11H2. The Balaban J connectivity index is 1.59. The predicted octanol–water partition coefficient (Wildman–Crippen LogP) is 4.47. The molecular weight excluding hydrogens is 343 g/mol. The maximum atomic E-state index is 13.2. The number of pyridine rings is 1. The lowest BCUT2D eigenvalue weighted by atomic mass is 10.1. The van der Waals surface area contributed by atoms with Crippen molar-refractivity contribution in [1.29, 1.82) is 0 Å². The molecule has 0 radical (unpaired) electrons.